The van der Waals surface area contributed by atoms with Gasteiger partial charge in [0.15, 0.2) is 1.41 Å². The van der Waals surface area contributed by atoms with Crippen molar-refractivity contribution >= 4 is 34.9 Å². The van der Waals surface area contributed by atoms with Gasteiger partial charge < -0.3 is 10.2 Å². The number of carbonyl (C=O) groups is 1. The highest BCUT2D eigenvalue weighted by molar-refractivity contribution is 6.42. The Morgan fingerprint density at radius 2 is 2.07 bits per heavy atom. The third-order valence-electron chi connectivity index (χ3n) is 1.51. The van der Waals surface area contributed by atoms with Crippen LogP contribution in [-0.4, -0.2) is 25.0 Å². The van der Waals surface area contributed by atoms with Gasteiger partial charge >= 0.3 is 6.03 Å². The molecule has 0 aliphatic rings. The Balaban J connectivity index is 2.97. The summed E-state index contributed by atoms with van der Waals surface area (Å²) in [5.74, 6) is 0. The molecule has 0 bridgehead atoms. The van der Waals surface area contributed by atoms with E-state index in [4.69, 9.17) is 24.6 Å². The van der Waals surface area contributed by atoms with E-state index in [1.807, 2.05) is 0 Å². The van der Waals surface area contributed by atoms with E-state index >= 15 is 0 Å². The summed E-state index contributed by atoms with van der Waals surface area (Å²) in [6.45, 7) is 0. The molecule has 0 aromatic heterocycles. The summed E-state index contributed by atoms with van der Waals surface area (Å²) in [7, 11) is 3.14. The number of carbonyl (C=O) groups excluding carboxylic acids is 1. The van der Waals surface area contributed by atoms with E-state index in [2.05, 4.69) is 0 Å². The number of rotatable bonds is 1. The predicted octanol–water partition coefficient (Wildman–Crippen LogP) is 3.09. The molecule has 2 amide bonds. The molecule has 1 aromatic carbocycles. The van der Waals surface area contributed by atoms with Gasteiger partial charge in [0.05, 0.1) is 10.0 Å². The van der Waals surface area contributed by atoms with Gasteiger partial charge in [0.25, 0.3) is 0 Å². The highest BCUT2D eigenvalue weighted by atomic mass is 35.5. The van der Waals surface area contributed by atoms with Gasteiger partial charge in [-0.3, -0.25) is 0 Å². The second-order valence-corrected chi connectivity index (χ2v) is 3.70. The van der Waals surface area contributed by atoms with Crippen molar-refractivity contribution in [3.63, 3.8) is 0 Å². The number of amides is 2. The fourth-order valence-corrected chi connectivity index (χ4v) is 1.06. The Morgan fingerprint density at radius 1 is 1.43 bits per heavy atom. The Labute approximate surface area is 94.1 Å². The Bertz CT molecular complexity index is 384. The van der Waals surface area contributed by atoms with Crippen molar-refractivity contribution in [3.8, 4) is 0 Å². The quantitative estimate of drug-likeness (QED) is 0.795. The van der Waals surface area contributed by atoms with Gasteiger partial charge in [-0.2, -0.15) is 0 Å². The molecule has 0 unspecified atom stereocenters. The molecule has 1 rings (SSSR count). The molecule has 1 aromatic rings. The standard InChI is InChI=1S/C9H10Cl2N2O/c1-13(2)9(14)12-6-3-4-7(10)8(11)5-6/h3-5H,1-2H3,(H,12,14)/i/hD. The minimum atomic E-state index is -0.451. The molecule has 1 N–H and O–H groups in total. The van der Waals surface area contributed by atoms with Crippen molar-refractivity contribution in [1.82, 2.24) is 4.90 Å². The molecular formula is C9H10Cl2N2O. The van der Waals surface area contributed by atoms with Crippen LogP contribution in [0.2, 0.25) is 11.5 Å². The molecule has 0 aliphatic heterocycles. The average molecular weight is 234 g/mol. The number of benzene rings is 1. The van der Waals surface area contributed by atoms with E-state index in [9.17, 15) is 4.79 Å². The third-order valence-corrected chi connectivity index (χ3v) is 2.25. The minimum Gasteiger partial charge on any atom is -0.331 e. The SMILES string of the molecule is [2H]N(C(=O)N(C)C)c1ccc(Cl)c(Cl)c1. The largest absolute Gasteiger partial charge is 0.331 e. The zero-order valence-electron chi connectivity index (χ0n) is 8.79. The van der Waals surface area contributed by atoms with Crippen molar-refractivity contribution in [2.24, 2.45) is 0 Å². The van der Waals surface area contributed by atoms with Crippen molar-refractivity contribution in [3.05, 3.63) is 28.2 Å². The summed E-state index contributed by atoms with van der Waals surface area (Å²) in [4.78, 5) is 12.7. The van der Waals surface area contributed by atoms with Gasteiger partial charge in [-0.15, -0.1) is 0 Å². The van der Waals surface area contributed by atoms with Gasteiger partial charge in [0, 0.05) is 19.8 Å². The van der Waals surface area contributed by atoms with E-state index in [1.165, 1.54) is 11.0 Å². The van der Waals surface area contributed by atoms with Crippen LogP contribution in [0, 0.1) is 0 Å². The first-order valence-electron chi connectivity index (χ1n) is 4.33. The zero-order chi connectivity index (χ0) is 11.6. The third kappa shape index (κ3) is 2.79. The lowest BCUT2D eigenvalue weighted by Crippen LogP contribution is -2.27. The first-order valence-corrected chi connectivity index (χ1v) is 4.64. The van der Waals surface area contributed by atoms with Crippen molar-refractivity contribution in [2.45, 2.75) is 0 Å². The first-order chi connectivity index (χ1) is 6.93. The molecule has 76 valence electrons. The van der Waals surface area contributed by atoms with Crippen LogP contribution in [0.4, 0.5) is 10.5 Å². The van der Waals surface area contributed by atoms with Gasteiger partial charge in [0.2, 0.25) is 0 Å². The number of hydrogen-bond donors (Lipinski definition) is 1. The molecule has 0 saturated carbocycles. The zero-order valence-corrected chi connectivity index (χ0v) is 9.30. The second-order valence-electron chi connectivity index (χ2n) is 2.89. The van der Waals surface area contributed by atoms with Crippen LogP contribution >= 0.6 is 23.2 Å². The fraction of sp³-hybridized carbons (Fsp3) is 0.222. The Morgan fingerprint density at radius 3 is 2.57 bits per heavy atom. The van der Waals surface area contributed by atoms with Crippen molar-refractivity contribution in [1.29, 1.82) is 0 Å². The van der Waals surface area contributed by atoms with Crippen molar-refractivity contribution < 1.29 is 6.21 Å². The second kappa shape index (κ2) is 4.53. The van der Waals surface area contributed by atoms with E-state index in [1.54, 1.807) is 26.2 Å². The van der Waals surface area contributed by atoms with E-state index < -0.39 is 6.03 Å². The molecule has 0 aliphatic carbocycles. The Hall–Kier alpha value is -0.930. The van der Waals surface area contributed by atoms with Gasteiger partial charge in [-0.05, 0) is 18.2 Å². The molecule has 5 heteroatoms. The van der Waals surface area contributed by atoms with Crippen molar-refractivity contribution in [2.75, 3.05) is 19.4 Å². The molecule has 0 fully saturated rings. The molecule has 0 spiro atoms. The molecule has 0 atom stereocenters. The summed E-state index contributed by atoms with van der Waals surface area (Å²) in [5, 5.41) is 1.46. The molecule has 0 saturated heterocycles. The van der Waals surface area contributed by atoms with Crippen LogP contribution in [0.1, 0.15) is 0 Å². The molecule has 0 heterocycles. The van der Waals surface area contributed by atoms with Crippen LogP contribution in [0.5, 0.6) is 0 Å². The summed E-state index contributed by atoms with van der Waals surface area (Å²) < 4.78 is 7.56. The van der Waals surface area contributed by atoms with Crippen LogP contribution in [0.25, 0.3) is 0 Å². The van der Waals surface area contributed by atoms with Gasteiger partial charge in [0.1, 0.15) is 0 Å². The summed E-state index contributed by atoms with van der Waals surface area (Å²) >= 11 is 11.5. The van der Waals surface area contributed by atoms with Crippen LogP contribution in [-0.2, 0) is 0 Å². The predicted molar refractivity (Wildman–Crippen MR) is 59.2 cm³/mol. The van der Waals surface area contributed by atoms with Crippen LogP contribution in [0.15, 0.2) is 18.2 Å². The summed E-state index contributed by atoms with van der Waals surface area (Å²) in [5.41, 5.74) is 0.378. The molecule has 3 nitrogen and oxygen atoms in total. The normalized spacial score (nSPS) is 10.7. The molecule has 14 heavy (non-hydrogen) atoms. The highest BCUT2D eigenvalue weighted by Crippen LogP contribution is 2.24. The monoisotopic (exact) mass is 233 g/mol. The molecular weight excluding hydrogens is 223 g/mol. The number of hydrogen-bond acceptors (Lipinski definition) is 1. The maximum atomic E-state index is 11.4. The fourth-order valence-electron chi connectivity index (χ4n) is 0.765. The van der Waals surface area contributed by atoms with Crippen LogP contribution in [0.3, 0.4) is 0 Å². The number of anilines is 1. The summed E-state index contributed by atoms with van der Waals surface area (Å²) in [6.07, 6.45) is 0. The lowest BCUT2D eigenvalue weighted by atomic mass is 10.3. The van der Waals surface area contributed by atoms with Gasteiger partial charge in [-0.1, -0.05) is 23.2 Å². The lowest BCUT2D eigenvalue weighted by Gasteiger charge is -2.12. The van der Waals surface area contributed by atoms with Gasteiger partial charge in [-0.25, -0.2) is 4.79 Å². The minimum absolute atomic E-state index is 0.318. The topological polar surface area (TPSA) is 32.3 Å². The average Bonchev–Trinajstić information content (AvgIpc) is 2.19. The van der Waals surface area contributed by atoms with E-state index in [0.717, 1.165) is 5.31 Å². The Kier molecular flexibility index (Phi) is 3.11. The first kappa shape index (κ1) is 9.62. The number of nitrogens with zero attached hydrogens (tertiary/aromatic N) is 1. The number of urea groups is 1. The highest BCUT2D eigenvalue weighted by Gasteiger charge is 2.05. The summed E-state index contributed by atoms with van der Waals surface area (Å²) in [6, 6.07) is 4.12. The van der Waals surface area contributed by atoms with E-state index in [0.29, 0.717) is 15.7 Å². The van der Waals surface area contributed by atoms with E-state index in [-0.39, 0.29) is 0 Å². The number of halogens is 2. The lowest BCUT2D eigenvalue weighted by molar-refractivity contribution is 0.230. The smallest absolute Gasteiger partial charge is 0.321 e. The molecule has 0 radical (unpaired) electrons. The van der Waals surface area contributed by atoms with Crippen LogP contribution < -0.4 is 5.31 Å². The maximum Gasteiger partial charge on any atom is 0.321 e. The number of nitrogens with one attached hydrogen (secondary N) is 1. The maximum absolute atomic E-state index is 11.4.